The van der Waals surface area contributed by atoms with Gasteiger partial charge in [-0.15, -0.1) is 11.3 Å². The van der Waals surface area contributed by atoms with Crippen molar-refractivity contribution in [3.05, 3.63) is 23.5 Å². The monoisotopic (exact) mass is 375 g/mol. The third kappa shape index (κ3) is 2.96. The first-order valence-electron chi connectivity index (χ1n) is 8.79. The van der Waals surface area contributed by atoms with E-state index in [1.54, 1.807) is 0 Å². The predicted octanol–water partition coefficient (Wildman–Crippen LogP) is 1.51. The maximum Gasteiger partial charge on any atom is 0.325 e. The minimum atomic E-state index is -0.807. The van der Waals surface area contributed by atoms with E-state index < -0.39 is 11.6 Å². The number of hydrogen-bond acceptors (Lipinski definition) is 5. The summed E-state index contributed by atoms with van der Waals surface area (Å²) in [4.78, 5) is 43.5. The van der Waals surface area contributed by atoms with Gasteiger partial charge in [0.15, 0.2) is 4.96 Å². The van der Waals surface area contributed by atoms with E-state index in [1.807, 2.05) is 22.2 Å². The summed E-state index contributed by atoms with van der Waals surface area (Å²) in [5.74, 6) is -0.0784. The maximum absolute atomic E-state index is 12.7. The van der Waals surface area contributed by atoms with E-state index in [9.17, 15) is 14.4 Å². The fourth-order valence-corrected chi connectivity index (χ4v) is 4.38. The van der Waals surface area contributed by atoms with Crippen LogP contribution in [0.2, 0.25) is 0 Å². The first kappa shape index (κ1) is 17.0. The number of fused-ring (bicyclic) bond motifs is 1. The van der Waals surface area contributed by atoms with Crippen molar-refractivity contribution in [2.75, 3.05) is 6.54 Å². The zero-order valence-electron chi connectivity index (χ0n) is 14.5. The van der Waals surface area contributed by atoms with Crippen LogP contribution < -0.4 is 10.6 Å². The summed E-state index contributed by atoms with van der Waals surface area (Å²) in [6, 6.07) is -0.470. The summed E-state index contributed by atoms with van der Waals surface area (Å²) in [5.41, 5.74) is -0.0712. The highest BCUT2D eigenvalue weighted by Crippen LogP contribution is 2.36. The topological polar surface area (TPSA) is 95.8 Å². The van der Waals surface area contributed by atoms with Gasteiger partial charge < -0.3 is 10.6 Å². The highest BCUT2D eigenvalue weighted by atomic mass is 32.1. The number of rotatable bonds is 4. The summed E-state index contributed by atoms with van der Waals surface area (Å²) in [6.45, 7) is 2.16. The van der Waals surface area contributed by atoms with Crippen LogP contribution in [0, 0.1) is 5.92 Å². The third-order valence-electron chi connectivity index (χ3n) is 5.29. The van der Waals surface area contributed by atoms with Crippen LogP contribution in [0.4, 0.5) is 4.79 Å². The molecule has 1 spiro atoms. The molecular weight excluding hydrogens is 354 g/mol. The average Bonchev–Trinajstić information content (AvgIpc) is 3.25. The molecule has 1 aliphatic carbocycles. The third-order valence-corrected chi connectivity index (χ3v) is 6.06. The molecule has 2 N–H and O–H groups in total. The molecular formula is C17H21N5O3S. The highest BCUT2D eigenvalue weighted by Gasteiger charge is 2.52. The zero-order chi connectivity index (χ0) is 18.3. The van der Waals surface area contributed by atoms with Crippen LogP contribution in [-0.4, -0.2) is 44.2 Å². The van der Waals surface area contributed by atoms with Crippen LogP contribution in [0.5, 0.6) is 0 Å². The fraction of sp³-hybridized carbons (Fsp3) is 0.529. The molecule has 1 aliphatic heterocycles. The number of hydrogen-bond donors (Lipinski definition) is 2. The minimum absolute atomic E-state index is 0.260. The van der Waals surface area contributed by atoms with Gasteiger partial charge in [0, 0.05) is 17.8 Å². The largest absolute Gasteiger partial charge is 0.349 e. The summed E-state index contributed by atoms with van der Waals surface area (Å²) >= 11 is 1.51. The van der Waals surface area contributed by atoms with Crippen molar-refractivity contribution in [1.82, 2.24) is 24.9 Å². The standard InChI is InChI=1S/C17H21N5O3S/c1-11-2-4-17(5-3-11)14(24)22(15(25)20-17)10-13(23)18-8-12-9-21-6-7-26-16(21)19-12/h6-7,9,11H,2-5,8,10H2,1H3,(H,18,23)(H,20,25). The number of amides is 4. The molecule has 9 heteroatoms. The van der Waals surface area contributed by atoms with Gasteiger partial charge in [0.25, 0.3) is 5.91 Å². The second-order valence-corrected chi connectivity index (χ2v) is 8.06. The van der Waals surface area contributed by atoms with E-state index in [0.717, 1.165) is 28.4 Å². The number of imide groups is 1. The molecule has 0 radical (unpaired) electrons. The molecule has 2 aliphatic rings. The Balaban J connectivity index is 1.35. The number of carbonyl (C=O) groups excluding carboxylic acids is 3. The summed E-state index contributed by atoms with van der Waals surface area (Å²) < 4.78 is 1.89. The first-order valence-corrected chi connectivity index (χ1v) is 9.67. The number of nitrogens with zero attached hydrogens (tertiary/aromatic N) is 3. The summed E-state index contributed by atoms with van der Waals surface area (Å²) in [5, 5.41) is 7.49. The zero-order valence-corrected chi connectivity index (χ0v) is 15.3. The fourth-order valence-electron chi connectivity index (χ4n) is 3.66. The van der Waals surface area contributed by atoms with Gasteiger partial charge in [-0.3, -0.25) is 18.9 Å². The minimum Gasteiger partial charge on any atom is -0.349 e. The Hall–Kier alpha value is -2.42. The Morgan fingerprint density at radius 1 is 1.42 bits per heavy atom. The van der Waals surface area contributed by atoms with E-state index in [-0.39, 0.29) is 24.9 Å². The molecule has 0 aromatic carbocycles. The predicted molar refractivity (Wildman–Crippen MR) is 95.5 cm³/mol. The molecule has 0 atom stereocenters. The van der Waals surface area contributed by atoms with Crippen LogP contribution >= 0.6 is 11.3 Å². The number of imidazole rings is 1. The van der Waals surface area contributed by atoms with Gasteiger partial charge in [-0.25, -0.2) is 9.78 Å². The number of nitrogens with one attached hydrogen (secondary N) is 2. The van der Waals surface area contributed by atoms with Gasteiger partial charge in [-0.05, 0) is 31.6 Å². The molecule has 3 heterocycles. The van der Waals surface area contributed by atoms with Gasteiger partial charge >= 0.3 is 6.03 Å². The van der Waals surface area contributed by atoms with Gasteiger partial charge in [-0.1, -0.05) is 6.92 Å². The Labute approximate surface area is 154 Å². The highest BCUT2D eigenvalue weighted by molar-refractivity contribution is 7.15. The Bertz CT molecular complexity index is 836. The molecule has 1 saturated carbocycles. The van der Waals surface area contributed by atoms with E-state index in [4.69, 9.17) is 0 Å². The van der Waals surface area contributed by atoms with Crippen LogP contribution in [0.15, 0.2) is 17.8 Å². The number of thiazole rings is 1. The Kier molecular flexibility index (Phi) is 4.18. The molecule has 2 aromatic heterocycles. The second kappa shape index (κ2) is 6.39. The van der Waals surface area contributed by atoms with Crippen LogP contribution in [-0.2, 0) is 16.1 Å². The van der Waals surface area contributed by atoms with Crippen molar-refractivity contribution in [3.8, 4) is 0 Å². The van der Waals surface area contributed by atoms with Crippen molar-refractivity contribution in [1.29, 1.82) is 0 Å². The molecule has 1 saturated heterocycles. The summed E-state index contributed by atoms with van der Waals surface area (Å²) in [7, 11) is 0. The van der Waals surface area contributed by atoms with Gasteiger partial charge in [0.2, 0.25) is 5.91 Å². The van der Waals surface area contributed by atoms with Crippen molar-refractivity contribution >= 4 is 34.1 Å². The van der Waals surface area contributed by atoms with Gasteiger partial charge in [0.1, 0.15) is 12.1 Å². The van der Waals surface area contributed by atoms with E-state index >= 15 is 0 Å². The van der Waals surface area contributed by atoms with Crippen LogP contribution in [0.1, 0.15) is 38.3 Å². The van der Waals surface area contributed by atoms with Crippen LogP contribution in [0.3, 0.4) is 0 Å². The lowest BCUT2D eigenvalue weighted by molar-refractivity contribution is -0.136. The van der Waals surface area contributed by atoms with E-state index in [0.29, 0.717) is 18.8 Å². The molecule has 138 valence electrons. The molecule has 4 rings (SSSR count). The molecule has 8 nitrogen and oxygen atoms in total. The first-order chi connectivity index (χ1) is 12.5. The SMILES string of the molecule is CC1CCC2(CC1)NC(=O)N(CC(=O)NCc1cn3ccsc3n1)C2=O. The molecule has 0 unspecified atom stereocenters. The average molecular weight is 375 g/mol. The summed E-state index contributed by atoms with van der Waals surface area (Å²) in [6.07, 6.45) is 6.84. The van der Waals surface area contributed by atoms with Crippen molar-refractivity contribution in [2.45, 2.75) is 44.7 Å². The van der Waals surface area contributed by atoms with Gasteiger partial charge in [0.05, 0.1) is 12.2 Å². The number of carbonyl (C=O) groups is 3. The lowest BCUT2D eigenvalue weighted by Crippen LogP contribution is -2.49. The van der Waals surface area contributed by atoms with Crippen molar-refractivity contribution in [2.24, 2.45) is 5.92 Å². The van der Waals surface area contributed by atoms with Crippen molar-refractivity contribution in [3.63, 3.8) is 0 Å². The Morgan fingerprint density at radius 3 is 2.92 bits per heavy atom. The number of aromatic nitrogens is 2. The second-order valence-electron chi connectivity index (χ2n) is 7.19. The molecule has 4 amide bonds. The number of urea groups is 1. The molecule has 26 heavy (non-hydrogen) atoms. The normalized spacial score (nSPS) is 25.9. The van der Waals surface area contributed by atoms with E-state index in [2.05, 4.69) is 22.5 Å². The molecule has 2 aromatic rings. The lowest BCUT2D eigenvalue weighted by Gasteiger charge is -2.33. The van der Waals surface area contributed by atoms with Gasteiger partial charge in [-0.2, -0.15) is 0 Å². The smallest absolute Gasteiger partial charge is 0.325 e. The van der Waals surface area contributed by atoms with E-state index in [1.165, 1.54) is 11.3 Å². The lowest BCUT2D eigenvalue weighted by atomic mass is 9.77. The van der Waals surface area contributed by atoms with Crippen molar-refractivity contribution < 1.29 is 14.4 Å². The maximum atomic E-state index is 12.7. The molecule has 0 bridgehead atoms. The Morgan fingerprint density at radius 2 is 2.19 bits per heavy atom. The quantitative estimate of drug-likeness (QED) is 0.792. The molecule has 2 fully saturated rings. The van der Waals surface area contributed by atoms with Crippen LogP contribution in [0.25, 0.3) is 4.96 Å².